The normalized spacial score (nSPS) is 25.6. The van der Waals surface area contributed by atoms with Crippen molar-refractivity contribution in [2.45, 2.75) is 57.5 Å². The van der Waals surface area contributed by atoms with E-state index in [2.05, 4.69) is 5.32 Å². The number of hydrogen-bond donors (Lipinski definition) is 1. The number of nitrogens with one attached hydrogen (secondary N) is 1. The first-order valence-electron chi connectivity index (χ1n) is 9.70. The van der Waals surface area contributed by atoms with Crippen LogP contribution in [0.15, 0.2) is 6.07 Å². The molecule has 1 aromatic rings. The summed E-state index contributed by atoms with van der Waals surface area (Å²) in [6, 6.07) is 1.05. The van der Waals surface area contributed by atoms with Gasteiger partial charge in [0.2, 0.25) is 0 Å². The van der Waals surface area contributed by atoms with Gasteiger partial charge in [0.05, 0.1) is 18.1 Å². The lowest BCUT2D eigenvalue weighted by molar-refractivity contribution is -0.130. The van der Waals surface area contributed by atoms with E-state index in [4.69, 9.17) is 0 Å². The van der Waals surface area contributed by atoms with Gasteiger partial charge < -0.3 is 9.88 Å². The van der Waals surface area contributed by atoms with Crippen LogP contribution in [-0.4, -0.2) is 59.2 Å². The van der Waals surface area contributed by atoms with Crippen molar-refractivity contribution in [1.29, 1.82) is 0 Å². The quantitative estimate of drug-likeness (QED) is 0.602. The van der Waals surface area contributed by atoms with Gasteiger partial charge in [0, 0.05) is 23.0 Å². The maximum atomic E-state index is 12.9. The standard InChI is InChI=1S/C19H25N3O5S/c1-12-9-15(13(2)22(12)14-5-8-28(26,27)11-14)16(23)10-21-17(24)19(20-18(21)25)6-3-4-7-19/h9,14H,3-8,10-11H2,1-2H3,(H,20,25)/t14-/m0/s1. The van der Waals surface area contributed by atoms with Gasteiger partial charge in [-0.2, -0.15) is 0 Å². The molecular formula is C19H25N3O5S. The predicted molar refractivity (Wildman–Crippen MR) is 102 cm³/mol. The lowest BCUT2D eigenvalue weighted by Gasteiger charge is -2.19. The summed E-state index contributed by atoms with van der Waals surface area (Å²) in [7, 11) is -3.05. The Kier molecular flexibility index (Phi) is 4.41. The molecule has 1 saturated carbocycles. The van der Waals surface area contributed by atoms with Crippen molar-refractivity contribution in [1.82, 2.24) is 14.8 Å². The van der Waals surface area contributed by atoms with Gasteiger partial charge in [-0.1, -0.05) is 12.8 Å². The second-order valence-corrected chi connectivity index (χ2v) is 10.5. The number of aromatic nitrogens is 1. The van der Waals surface area contributed by atoms with E-state index in [9.17, 15) is 22.8 Å². The van der Waals surface area contributed by atoms with E-state index in [1.807, 2.05) is 11.5 Å². The molecule has 0 bridgehead atoms. The van der Waals surface area contributed by atoms with Gasteiger partial charge in [0.15, 0.2) is 15.6 Å². The number of hydrogen-bond acceptors (Lipinski definition) is 5. The summed E-state index contributed by atoms with van der Waals surface area (Å²) in [6.07, 6.45) is 3.54. The molecule has 2 aliphatic heterocycles. The molecule has 1 N–H and O–H groups in total. The van der Waals surface area contributed by atoms with Gasteiger partial charge in [-0.15, -0.1) is 0 Å². The fourth-order valence-corrected chi connectivity index (χ4v) is 6.67. The number of urea groups is 1. The number of ketones is 1. The second kappa shape index (κ2) is 6.43. The van der Waals surface area contributed by atoms with Crippen LogP contribution in [0.5, 0.6) is 0 Å². The molecule has 3 amide bonds. The van der Waals surface area contributed by atoms with Crippen LogP contribution in [-0.2, 0) is 14.6 Å². The third-order valence-corrected chi connectivity index (χ3v) is 8.11. The van der Waals surface area contributed by atoms with E-state index in [1.165, 1.54) is 0 Å². The number of aryl methyl sites for hydroxylation is 1. The number of imide groups is 1. The van der Waals surface area contributed by atoms with Crippen molar-refractivity contribution in [2.75, 3.05) is 18.1 Å². The lowest BCUT2D eigenvalue weighted by Crippen LogP contribution is -2.44. The molecule has 152 valence electrons. The van der Waals surface area contributed by atoms with E-state index in [1.54, 1.807) is 13.0 Å². The van der Waals surface area contributed by atoms with Crippen LogP contribution in [0.4, 0.5) is 4.79 Å². The number of sulfone groups is 1. The van der Waals surface area contributed by atoms with Gasteiger partial charge in [-0.05, 0) is 39.2 Å². The van der Waals surface area contributed by atoms with Crippen LogP contribution < -0.4 is 5.32 Å². The monoisotopic (exact) mass is 407 g/mol. The molecule has 3 heterocycles. The SMILES string of the molecule is Cc1cc(C(=O)CN2C(=O)NC3(CCCC3)C2=O)c(C)n1[C@H]1CCS(=O)(=O)C1. The van der Waals surface area contributed by atoms with Gasteiger partial charge in [0.25, 0.3) is 5.91 Å². The summed E-state index contributed by atoms with van der Waals surface area (Å²) in [5.74, 6) is -0.382. The smallest absolute Gasteiger partial charge is 0.325 e. The Hall–Kier alpha value is -2.16. The first-order chi connectivity index (χ1) is 13.1. The lowest BCUT2D eigenvalue weighted by atomic mass is 9.98. The van der Waals surface area contributed by atoms with E-state index >= 15 is 0 Å². The molecule has 3 aliphatic rings. The highest BCUT2D eigenvalue weighted by Gasteiger charge is 2.52. The first-order valence-corrected chi connectivity index (χ1v) is 11.5. The van der Waals surface area contributed by atoms with Gasteiger partial charge in [0.1, 0.15) is 5.54 Å². The average molecular weight is 407 g/mol. The minimum Gasteiger partial charge on any atom is -0.344 e. The number of carbonyl (C=O) groups is 3. The molecule has 8 nitrogen and oxygen atoms in total. The Labute approximate surface area is 164 Å². The van der Waals surface area contributed by atoms with E-state index in [0.717, 1.165) is 23.4 Å². The molecule has 1 aromatic heterocycles. The summed E-state index contributed by atoms with van der Waals surface area (Å²) < 4.78 is 25.6. The molecule has 9 heteroatoms. The van der Waals surface area contributed by atoms with Crippen LogP contribution in [0.25, 0.3) is 0 Å². The number of Topliss-reactive ketones (excluding diaryl/α,β-unsaturated/α-hetero) is 1. The fraction of sp³-hybridized carbons (Fsp3) is 0.632. The Morgan fingerprint density at radius 2 is 1.93 bits per heavy atom. The minimum atomic E-state index is -3.05. The Bertz CT molecular complexity index is 972. The highest BCUT2D eigenvalue weighted by molar-refractivity contribution is 7.91. The van der Waals surface area contributed by atoms with Crippen LogP contribution in [0.3, 0.4) is 0 Å². The maximum Gasteiger partial charge on any atom is 0.325 e. The fourth-order valence-electron chi connectivity index (χ4n) is 4.97. The zero-order valence-corrected chi connectivity index (χ0v) is 17.0. The maximum absolute atomic E-state index is 12.9. The number of rotatable bonds is 4. The highest BCUT2D eigenvalue weighted by Crippen LogP contribution is 2.35. The van der Waals surface area contributed by atoms with Crippen LogP contribution in [0, 0.1) is 13.8 Å². The molecule has 0 unspecified atom stereocenters. The van der Waals surface area contributed by atoms with Crippen molar-refractivity contribution >= 4 is 27.6 Å². The average Bonchev–Trinajstić information content (AvgIpc) is 3.34. The second-order valence-electron chi connectivity index (χ2n) is 8.25. The highest BCUT2D eigenvalue weighted by atomic mass is 32.2. The molecule has 2 saturated heterocycles. The van der Waals surface area contributed by atoms with Gasteiger partial charge in [-0.25, -0.2) is 13.2 Å². The zero-order valence-electron chi connectivity index (χ0n) is 16.2. The molecule has 1 spiro atoms. The van der Waals surface area contributed by atoms with Crippen molar-refractivity contribution < 1.29 is 22.8 Å². The number of nitrogens with zero attached hydrogens (tertiary/aromatic N) is 2. The minimum absolute atomic E-state index is 0.0759. The summed E-state index contributed by atoms with van der Waals surface area (Å²) in [4.78, 5) is 39.0. The molecule has 3 fully saturated rings. The molecule has 28 heavy (non-hydrogen) atoms. The van der Waals surface area contributed by atoms with Gasteiger partial charge >= 0.3 is 6.03 Å². The topological polar surface area (TPSA) is 106 Å². The molecule has 0 radical (unpaired) electrons. The molecular weight excluding hydrogens is 382 g/mol. The number of carbonyl (C=O) groups excluding carboxylic acids is 3. The third-order valence-electron chi connectivity index (χ3n) is 6.36. The van der Waals surface area contributed by atoms with Crippen molar-refractivity contribution in [3.8, 4) is 0 Å². The Balaban J connectivity index is 1.55. The molecule has 1 atom stereocenters. The van der Waals surface area contributed by atoms with Crippen molar-refractivity contribution in [3.63, 3.8) is 0 Å². The molecule has 1 aliphatic carbocycles. The van der Waals surface area contributed by atoms with Gasteiger partial charge in [-0.3, -0.25) is 14.5 Å². The summed E-state index contributed by atoms with van der Waals surface area (Å²) in [5.41, 5.74) is 1.11. The Morgan fingerprint density at radius 1 is 1.25 bits per heavy atom. The third kappa shape index (κ3) is 2.96. The van der Waals surface area contributed by atoms with Crippen LogP contribution >= 0.6 is 0 Å². The summed E-state index contributed by atoms with van der Waals surface area (Å²) in [6.45, 7) is 3.34. The molecule has 4 rings (SSSR count). The largest absolute Gasteiger partial charge is 0.344 e. The number of amides is 3. The summed E-state index contributed by atoms with van der Waals surface area (Å²) >= 11 is 0. The zero-order chi connectivity index (χ0) is 20.3. The van der Waals surface area contributed by atoms with Crippen molar-refractivity contribution in [2.24, 2.45) is 0 Å². The van der Waals surface area contributed by atoms with Crippen LogP contribution in [0.2, 0.25) is 0 Å². The molecule has 0 aromatic carbocycles. The summed E-state index contributed by atoms with van der Waals surface area (Å²) in [5, 5.41) is 2.78. The Morgan fingerprint density at radius 3 is 2.54 bits per heavy atom. The van der Waals surface area contributed by atoms with E-state index < -0.39 is 21.4 Å². The van der Waals surface area contributed by atoms with E-state index in [-0.39, 0.29) is 35.8 Å². The van der Waals surface area contributed by atoms with Crippen LogP contribution in [0.1, 0.15) is 59.9 Å². The first kappa shape index (κ1) is 19.2. The van der Waals surface area contributed by atoms with Crippen molar-refractivity contribution in [3.05, 3.63) is 23.0 Å². The predicted octanol–water partition coefficient (Wildman–Crippen LogP) is 1.51. The van der Waals surface area contributed by atoms with E-state index in [0.29, 0.717) is 30.5 Å².